The number of benzene rings is 1. The smallest absolute Gasteiger partial charge is 0.307 e. The second-order valence-electron chi connectivity index (χ2n) is 14.4. The molecule has 1 aliphatic carbocycles. The summed E-state index contributed by atoms with van der Waals surface area (Å²) < 4.78 is 34.9. The summed E-state index contributed by atoms with van der Waals surface area (Å²) in [6.45, 7) is 9.13. The van der Waals surface area contributed by atoms with Gasteiger partial charge >= 0.3 is 5.97 Å². The number of carbonyl (C=O) groups excluding carboxylic acids is 3. The van der Waals surface area contributed by atoms with Crippen LogP contribution in [0.3, 0.4) is 0 Å². The summed E-state index contributed by atoms with van der Waals surface area (Å²) in [5, 5.41) is 0. The molecule has 2 aromatic rings. The number of amides is 1. The molecule has 3 heterocycles. The van der Waals surface area contributed by atoms with Gasteiger partial charge in [0.15, 0.2) is 11.8 Å². The summed E-state index contributed by atoms with van der Waals surface area (Å²) in [7, 11) is 1.57. The van der Waals surface area contributed by atoms with E-state index in [4.69, 9.17) is 24.2 Å². The van der Waals surface area contributed by atoms with Crippen molar-refractivity contribution < 1.29 is 33.0 Å². The summed E-state index contributed by atoms with van der Waals surface area (Å²) in [5.74, 6) is -0.652. The molecule has 1 amide bonds. The maximum atomic E-state index is 17.0. The number of halogens is 1. The molecule has 9 nitrogen and oxygen atoms in total. The van der Waals surface area contributed by atoms with Gasteiger partial charge in [-0.05, 0) is 75.3 Å². The lowest BCUT2D eigenvalue weighted by molar-refractivity contribution is -0.167. The molecule has 246 valence electrons. The van der Waals surface area contributed by atoms with Gasteiger partial charge in [0, 0.05) is 6.07 Å². The summed E-state index contributed by atoms with van der Waals surface area (Å²) in [6, 6.07) is 4.04. The number of ether oxygens (including phenoxy) is 3. The first-order valence-electron chi connectivity index (χ1n) is 16.5. The molecule has 10 heteroatoms. The second kappa shape index (κ2) is 12.8. The first-order valence-corrected chi connectivity index (χ1v) is 16.5. The van der Waals surface area contributed by atoms with Crippen molar-refractivity contribution in [1.29, 1.82) is 0 Å². The normalized spacial score (nSPS) is 31.8. The van der Waals surface area contributed by atoms with Crippen molar-refractivity contribution in [2.75, 3.05) is 13.7 Å². The van der Waals surface area contributed by atoms with Crippen molar-refractivity contribution in [3.8, 4) is 11.6 Å². The highest BCUT2D eigenvalue weighted by Crippen LogP contribution is 2.44. The molecule has 0 spiro atoms. The summed E-state index contributed by atoms with van der Waals surface area (Å²) in [6.07, 6.45) is 6.14. The van der Waals surface area contributed by atoms with E-state index in [2.05, 4.69) is 0 Å². The van der Waals surface area contributed by atoms with Crippen molar-refractivity contribution in [1.82, 2.24) is 14.9 Å². The lowest BCUT2D eigenvalue weighted by Crippen LogP contribution is -2.51. The molecule has 6 atom stereocenters. The Morgan fingerprint density at radius 3 is 2.56 bits per heavy atom. The molecule has 2 fully saturated rings. The monoisotopic (exact) mass is 625 g/mol. The van der Waals surface area contributed by atoms with Crippen LogP contribution in [-0.2, 0) is 25.5 Å². The van der Waals surface area contributed by atoms with Crippen LogP contribution in [0.25, 0.3) is 11.0 Å². The first kappa shape index (κ1) is 33.1. The fourth-order valence-electron chi connectivity index (χ4n) is 7.54. The van der Waals surface area contributed by atoms with Crippen molar-refractivity contribution in [2.45, 2.75) is 122 Å². The van der Waals surface area contributed by atoms with E-state index in [1.807, 2.05) is 39.8 Å². The van der Waals surface area contributed by atoms with Crippen LogP contribution in [0.1, 0.15) is 98.1 Å². The molecule has 3 aliphatic rings. The Morgan fingerprint density at radius 2 is 1.87 bits per heavy atom. The van der Waals surface area contributed by atoms with Gasteiger partial charge in [0.25, 0.3) is 0 Å². The molecule has 1 saturated carbocycles. The summed E-state index contributed by atoms with van der Waals surface area (Å²) in [4.78, 5) is 51.2. The molecule has 1 saturated heterocycles. The number of aldehydes is 1. The zero-order chi connectivity index (χ0) is 32.6. The van der Waals surface area contributed by atoms with Gasteiger partial charge in [-0.15, -0.1) is 0 Å². The lowest BCUT2D eigenvalue weighted by Gasteiger charge is -2.36. The third-order valence-electron chi connectivity index (χ3n) is 10.5. The fraction of sp³-hybridized carbons (Fsp3) is 0.686. The average Bonchev–Trinajstić information content (AvgIpc) is 3.49. The largest absolute Gasteiger partial charge is 0.497 e. The van der Waals surface area contributed by atoms with E-state index in [-0.39, 0.29) is 31.2 Å². The Morgan fingerprint density at radius 1 is 1.11 bits per heavy atom. The maximum Gasteiger partial charge on any atom is 0.307 e. The fourth-order valence-corrected chi connectivity index (χ4v) is 7.54. The summed E-state index contributed by atoms with van der Waals surface area (Å²) >= 11 is 0. The van der Waals surface area contributed by atoms with E-state index in [1.54, 1.807) is 20.1 Å². The predicted molar refractivity (Wildman–Crippen MR) is 168 cm³/mol. The van der Waals surface area contributed by atoms with Gasteiger partial charge in [-0.25, -0.2) is 14.4 Å². The highest BCUT2D eigenvalue weighted by atomic mass is 19.1. The van der Waals surface area contributed by atoms with Crippen LogP contribution in [0.15, 0.2) is 18.2 Å². The quantitative estimate of drug-likeness (QED) is 0.294. The number of fused-ring (bicyclic) bond motifs is 5. The van der Waals surface area contributed by atoms with Crippen molar-refractivity contribution >= 4 is 29.2 Å². The Labute approximate surface area is 265 Å². The standard InChI is InChI=1S/C35H48FN3O6/c1-7-35(36)28(21-40)39-20-29(35)44-31-26(37-25-16-15-23(43-6)18-27(25)38-31)14-10-8-9-12-22-13-11-17-34(22,5)45-30(41)19-24(32(39)42)33(2,3)4/h15-16,18,21-22,24,28-29H,7-14,17,19-20H2,1-6H3/t22-,24-,28-,29+,34-,35-/m1/s1. The van der Waals surface area contributed by atoms with Gasteiger partial charge in [-0.3, -0.25) is 9.59 Å². The van der Waals surface area contributed by atoms with Crippen molar-refractivity contribution in [3.63, 3.8) is 0 Å². The highest BCUT2D eigenvalue weighted by molar-refractivity contribution is 5.87. The van der Waals surface area contributed by atoms with Gasteiger partial charge in [-0.2, -0.15) is 0 Å². The molecule has 45 heavy (non-hydrogen) atoms. The topological polar surface area (TPSA) is 108 Å². The minimum absolute atomic E-state index is 0.0585. The molecule has 5 rings (SSSR count). The van der Waals surface area contributed by atoms with Crippen molar-refractivity contribution in [2.24, 2.45) is 17.3 Å². The molecule has 2 bridgehead atoms. The number of aromatic nitrogens is 2. The van der Waals surface area contributed by atoms with E-state index >= 15 is 4.39 Å². The van der Waals surface area contributed by atoms with Crippen LogP contribution in [0.5, 0.6) is 11.6 Å². The Hall–Kier alpha value is -3.30. The van der Waals surface area contributed by atoms with Crippen LogP contribution >= 0.6 is 0 Å². The lowest BCUT2D eigenvalue weighted by atomic mass is 9.77. The third-order valence-corrected chi connectivity index (χ3v) is 10.5. The number of hydrogen-bond donors (Lipinski definition) is 0. The molecule has 2 aliphatic heterocycles. The van der Waals surface area contributed by atoms with E-state index < -0.39 is 46.6 Å². The number of hydrogen-bond acceptors (Lipinski definition) is 8. The number of nitrogens with zero attached hydrogens (tertiary/aromatic N) is 3. The van der Waals surface area contributed by atoms with Gasteiger partial charge in [0.1, 0.15) is 29.4 Å². The molecular formula is C35H48FN3O6. The molecule has 0 radical (unpaired) electrons. The second-order valence-corrected chi connectivity index (χ2v) is 14.4. The number of esters is 1. The number of carbonyl (C=O) groups is 3. The first-order chi connectivity index (χ1) is 21.3. The minimum atomic E-state index is -2.17. The molecular weight excluding hydrogens is 577 g/mol. The Bertz CT molecular complexity index is 1430. The van der Waals surface area contributed by atoms with Gasteiger partial charge < -0.3 is 23.9 Å². The van der Waals surface area contributed by atoms with E-state index in [0.29, 0.717) is 35.2 Å². The molecule has 0 N–H and O–H groups in total. The van der Waals surface area contributed by atoms with E-state index in [1.165, 1.54) is 4.90 Å². The van der Waals surface area contributed by atoms with E-state index in [9.17, 15) is 14.4 Å². The van der Waals surface area contributed by atoms with Crippen LogP contribution < -0.4 is 9.47 Å². The average molecular weight is 626 g/mol. The van der Waals surface area contributed by atoms with Crippen LogP contribution in [0, 0.1) is 17.3 Å². The predicted octanol–water partition coefficient (Wildman–Crippen LogP) is 6.18. The number of methoxy groups -OCH3 is 1. The van der Waals surface area contributed by atoms with Gasteiger partial charge in [0.2, 0.25) is 11.8 Å². The SMILES string of the molecule is CC[C@]1(F)[C@@H]2CN(C(=O)[C@H](C(C)(C)C)CC(=O)O[C@]3(C)CCC[C@H]3CCCCCc3nc4ccc(OC)cc4nc3O2)[C@@H]1C=O. The molecule has 1 aromatic carbocycles. The zero-order valence-electron chi connectivity index (χ0n) is 27.6. The molecule has 0 unspecified atom stereocenters. The molecule has 1 aromatic heterocycles. The number of alkyl halides is 1. The van der Waals surface area contributed by atoms with Crippen LogP contribution in [0.2, 0.25) is 0 Å². The van der Waals surface area contributed by atoms with Gasteiger partial charge in [0.05, 0.1) is 37.0 Å². The maximum absolute atomic E-state index is 17.0. The number of aryl methyl sites for hydroxylation is 1. The van der Waals surface area contributed by atoms with E-state index in [0.717, 1.165) is 44.9 Å². The minimum Gasteiger partial charge on any atom is -0.497 e. The van der Waals surface area contributed by atoms with Gasteiger partial charge in [-0.1, -0.05) is 40.5 Å². The Balaban J connectivity index is 1.57. The Kier molecular flexibility index (Phi) is 9.43. The van der Waals surface area contributed by atoms with Crippen LogP contribution in [-0.4, -0.2) is 70.1 Å². The van der Waals surface area contributed by atoms with Crippen LogP contribution in [0.4, 0.5) is 4.39 Å². The number of rotatable bonds is 3. The highest BCUT2D eigenvalue weighted by Gasteiger charge is 2.59. The zero-order valence-corrected chi connectivity index (χ0v) is 27.6. The third kappa shape index (κ3) is 6.52. The van der Waals surface area contributed by atoms with Crippen molar-refractivity contribution in [3.05, 3.63) is 23.9 Å². The summed E-state index contributed by atoms with van der Waals surface area (Å²) in [5.41, 5.74) is -1.57.